The van der Waals surface area contributed by atoms with Crippen molar-refractivity contribution in [2.75, 3.05) is 32.8 Å². The summed E-state index contributed by atoms with van der Waals surface area (Å²) in [6.07, 6.45) is 2.37. The quantitative estimate of drug-likeness (QED) is 0.157. The summed E-state index contributed by atoms with van der Waals surface area (Å²) in [5.41, 5.74) is 5.80. The maximum atomic E-state index is 14.8. The Morgan fingerprint density at radius 1 is 0.981 bits per heavy atom. The monoisotopic (exact) mass is 764 g/mol. The number of aliphatic hydroxyl groups excluding tert-OH is 1. The molecule has 0 spiro atoms. The minimum Gasteiger partial charge on any atom is -0.490 e. The molecule has 2 bridgehead atoms. The standard InChI is InChI=1S/C39H44Cl2N4O5.CH2O2/c1-23-15-33(41)36(16-24(23)2)50-14-13-49-30-11-7-25(8-12-30)31-17-27-21-44(38(47)34-18-29(46)19-42-34)22-35(43-27)37(31)39(48)45(28-9-10-28)20-26-5-3-4-6-32(26)40;2-1-3/h3-8,11-12,15-16,27-29,34-35,42-43,46H,9-10,13-14,17-22H2,1-2H3;1H,(H,2,3)/t27-,29-,34+,35-;/m1./s1. The van der Waals surface area contributed by atoms with Crippen LogP contribution < -0.4 is 20.1 Å². The van der Waals surface area contributed by atoms with E-state index in [1.165, 1.54) is 0 Å². The summed E-state index contributed by atoms with van der Waals surface area (Å²) < 4.78 is 11.9. The molecule has 3 aromatic carbocycles. The van der Waals surface area contributed by atoms with E-state index in [1.54, 1.807) is 0 Å². The minimum atomic E-state index is -0.526. The van der Waals surface area contributed by atoms with Crippen molar-refractivity contribution in [2.24, 2.45) is 0 Å². The molecule has 0 aromatic heterocycles. The third-order valence-corrected chi connectivity index (χ3v) is 10.9. The molecule has 2 saturated heterocycles. The van der Waals surface area contributed by atoms with Gasteiger partial charge in [0.2, 0.25) is 5.91 Å². The van der Waals surface area contributed by atoms with Crippen LogP contribution in [0.15, 0.2) is 66.2 Å². The number of halogens is 2. The predicted octanol–water partition coefficient (Wildman–Crippen LogP) is 5.01. The number of ether oxygens (including phenoxy) is 2. The molecule has 1 saturated carbocycles. The van der Waals surface area contributed by atoms with Gasteiger partial charge >= 0.3 is 0 Å². The van der Waals surface area contributed by atoms with E-state index in [-0.39, 0.29) is 36.4 Å². The predicted molar refractivity (Wildman–Crippen MR) is 203 cm³/mol. The van der Waals surface area contributed by atoms with Gasteiger partial charge in [0, 0.05) is 48.9 Å². The van der Waals surface area contributed by atoms with Crippen molar-refractivity contribution in [3.63, 3.8) is 0 Å². The van der Waals surface area contributed by atoms with Crippen LogP contribution in [0, 0.1) is 13.8 Å². The Balaban J connectivity index is 0.00000155. The summed E-state index contributed by atoms with van der Waals surface area (Å²) in [5, 5.41) is 25.0. The molecule has 53 heavy (non-hydrogen) atoms. The highest BCUT2D eigenvalue weighted by atomic mass is 35.5. The second-order valence-electron chi connectivity index (χ2n) is 14.1. The Kier molecular flexibility index (Phi) is 12.6. The fourth-order valence-corrected chi connectivity index (χ4v) is 7.79. The molecule has 1 aliphatic carbocycles. The zero-order valence-corrected chi connectivity index (χ0v) is 31.4. The normalized spacial score (nSPS) is 22.1. The van der Waals surface area contributed by atoms with Gasteiger partial charge in [-0.25, -0.2) is 0 Å². The molecule has 2 amide bonds. The summed E-state index contributed by atoms with van der Waals surface area (Å²) in [7, 11) is 0. The number of amides is 2. The van der Waals surface area contributed by atoms with E-state index in [9.17, 15) is 14.7 Å². The van der Waals surface area contributed by atoms with Crippen LogP contribution in [0.4, 0.5) is 0 Å². The Labute approximate surface area is 319 Å². The Morgan fingerprint density at radius 2 is 1.68 bits per heavy atom. The Morgan fingerprint density at radius 3 is 2.36 bits per heavy atom. The van der Waals surface area contributed by atoms with Gasteiger partial charge in [-0.3, -0.25) is 14.4 Å². The van der Waals surface area contributed by atoms with Gasteiger partial charge in [0.05, 0.1) is 23.2 Å². The van der Waals surface area contributed by atoms with Crippen molar-refractivity contribution in [2.45, 2.75) is 76.3 Å². The first-order chi connectivity index (χ1) is 25.6. The number of hydrogen-bond acceptors (Lipinski definition) is 8. The SMILES string of the molecule is Cc1cc(Cl)c(OCCOc2ccc(C3=C(C(=O)N(Cc4ccccc4Cl)C4CC4)[C@H]4CN(C(=O)[C@@H]5C[C@@H](O)CN5)C[C@@H](C3)N4)cc2)cc1C.O=CO. The number of benzene rings is 3. The van der Waals surface area contributed by atoms with E-state index in [2.05, 4.69) is 10.6 Å². The van der Waals surface area contributed by atoms with E-state index in [0.717, 1.165) is 40.7 Å². The number of aliphatic hydroxyl groups is 1. The van der Waals surface area contributed by atoms with Gasteiger partial charge in [-0.05, 0) is 97.7 Å². The summed E-state index contributed by atoms with van der Waals surface area (Å²) >= 11 is 12.9. The zero-order valence-electron chi connectivity index (χ0n) is 29.9. The number of aryl methyl sites for hydroxylation is 2. The maximum Gasteiger partial charge on any atom is 0.290 e. The number of rotatable bonds is 11. The molecule has 7 rings (SSSR count). The first-order valence-corrected chi connectivity index (χ1v) is 18.8. The van der Waals surface area contributed by atoms with Crippen LogP contribution in [0.2, 0.25) is 10.0 Å². The highest BCUT2D eigenvalue weighted by Gasteiger charge is 2.44. The lowest BCUT2D eigenvalue weighted by atomic mass is 9.82. The van der Waals surface area contributed by atoms with Crippen LogP contribution in [0.5, 0.6) is 11.5 Å². The van der Waals surface area contributed by atoms with Gasteiger partial charge in [0.25, 0.3) is 12.4 Å². The fraction of sp³-hybridized carbons (Fsp3) is 0.425. The topological polar surface area (TPSA) is 141 Å². The number of carboxylic acid groups (broad SMARTS) is 1. The Hall–Kier alpha value is -4.13. The van der Waals surface area contributed by atoms with E-state index in [0.29, 0.717) is 79.4 Å². The molecular formula is C40H46Cl2N4O7. The fourth-order valence-electron chi connectivity index (χ4n) is 7.32. The van der Waals surface area contributed by atoms with Crippen LogP contribution in [0.3, 0.4) is 0 Å². The van der Waals surface area contributed by atoms with Crippen molar-refractivity contribution in [1.82, 2.24) is 20.4 Å². The number of nitrogens with zero attached hydrogens (tertiary/aromatic N) is 2. The number of carbonyl (C=O) groups is 3. The van der Waals surface area contributed by atoms with Crippen molar-refractivity contribution >= 4 is 47.1 Å². The average molecular weight is 766 g/mol. The number of fused-ring (bicyclic) bond motifs is 2. The Bertz CT molecular complexity index is 1830. The second kappa shape index (κ2) is 17.3. The van der Waals surface area contributed by atoms with Crippen molar-refractivity contribution in [1.29, 1.82) is 0 Å². The van der Waals surface area contributed by atoms with Gasteiger partial charge in [-0.2, -0.15) is 0 Å². The molecular weight excluding hydrogens is 719 g/mol. The molecule has 3 aliphatic heterocycles. The molecule has 4 N–H and O–H groups in total. The van der Waals surface area contributed by atoms with Crippen LogP contribution in [-0.4, -0.2) is 101 Å². The molecule has 0 radical (unpaired) electrons. The molecule has 4 atom stereocenters. The van der Waals surface area contributed by atoms with E-state index in [1.807, 2.05) is 84.3 Å². The lowest BCUT2D eigenvalue weighted by Gasteiger charge is -2.45. The van der Waals surface area contributed by atoms with Gasteiger partial charge in [0.15, 0.2) is 0 Å². The van der Waals surface area contributed by atoms with Crippen molar-refractivity contribution < 1.29 is 34.1 Å². The summed E-state index contributed by atoms with van der Waals surface area (Å²) in [5.74, 6) is 1.30. The van der Waals surface area contributed by atoms with Gasteiger partial charge < -0.3 is 40.1 Å². The first-order valence-electron chi connectivity index (χ1n) is 18.0. The second-order valence-corrected chi connectivity index (χ2v) is 14.9. The average Bonchev–Trinajstić information content (AvgIpc) is 3.89. The number of piperazine rings is 1. The summed E-state index contributed by atoms with van der Waals surface area (Å²) in [4.78, 5) is 40.5. The third-order valence-electron chi connectivity index (χ3n) is 10.3. The lowest BCUT2D eigenvalue weighted by Crippen LogP contribution is -2.63. The molecule has 11 nitrogen and oxygen atoms in total. The summed E-state index contributed by atoms with van der Waals surface area (Å²) in [6.45, 7) is 6.23. The summed E-state index contributed by atoms with van der Waals surface area (Å²) in [6, 6.07) is 18.8. The number of carbonyl (C=O) groups excluding carboxylic acids is 2. The van der Waals surface area contributed by atoms with Crippen LogP contribution >= 0.6 is 23.2 Å². The maximum absolute atomic E-state index is 14.8. The lowest BCUT2D eigenvalue weighted by molar-refractivity contribution is -0.136. The van der Waals surface area contributed by atoms with Crippen LogP contribution in [0.1, 0.15) is 47.9 Å². The van der Waals surface area contributed by atoms with E-state index < -0.39 is 12.1 Å². The molecule has 0 unspecified atom stereocenters. The van der Waals surface area contributed by atoms with Gasteiger partial charge in [0.1, 0.15) is 24.7 Å². The number of nitrogens with one attached hydrogen (secondary N) is 2. The number of hydrogen-bond donors (Lipinski definition) is 4. The van der Waals surface area contributed by atoms with E-state index >= 15 is 0 Å². The minimum absolute atomic E-state index is 0.0150. The molecule has 282 valence electrons. The van der Waals surface area contributed by atoms with E-state index in [4.69, 9.17) is 42.6 Å². The van der Waals surface area contributed by atoms with Gasteiger partial charge in [-0.1, -0.05) is 53.5 Å². The highest BCUT2D eigenvalue weighted by Crippen LogP contribution is 2.38. The van der Waals surface area contributed by atoms with Crippen molar-refractivity contribution in [3.05, 3.63) is 98.5 Å². The largest absolute Gasteiger partial charge is 0.490 e. The molecule has 3 heterocycles. The third kappa shape index (κ3) is 9.34. The van der Waals surface area contributed by atoms with Crippen LogP contribution in [-0.2, 0) is 20.9 Å². The molecule has 13 heteroatoms. The molecule has 4 aliphatic rings. The van der Waals surface area contributed by atoms with Crippen LogP contribution in [0.25, 0.3) is 5.57 Å². The molecule has 3 fully saturated rings. The van der Waals surface area contributed by atoms with Gasteiger partial charge in [-0.15, -0.1) is 0 Å². The van der Waals surface area contributed by atoms with Crippen molar-refractivity contribution in [3.8, 4) is 11.5 Å². The smallest absolute Gasteiger partial charge is 0.290 e. The first kappa shape index (κ1) is 38.6. The number of β-amino-alcohol motifs (C(OH)–C–C–N with tert-alkyl or cyclic N) is 1. The molecule has 3 aromatic rings. The zero-order chi connectivity index (χ0) is 37.6. The highest BCUT2D eigenvalue weighted by molar-refractivity contribution is 6.32.